The number of ether oxygens (including phenoxy) is 1. The molecule has 4 rings (SSSR count). The number of aryl methyl sites for hydroxylation is 2. The molecule has 0 unspecified atom stereocenters. The third-order valence-corrected chi connectivity index (χ3v) is 5.85. The van der Waals surface area contributed by atoms with E-state index in [1.54, 1.807) is 32.2 Å². The van der Waals surface area contributed by atoms with Crippen LogP contribution in [0.5, 0.6) is 0 Å². The summed E-state index contributed by atoms with van der Waals surface area (Å²) < 4.78 is 5.38. The molecule has 1 amide bonds. The number of amides is 1. The summed E-state index contributed by atoms with van der Waals surface area (Å²) >= 11 is 0. The van der Waals surface area contributed by atoms with Gasteiger partial charge in [-0.25, -0.2) is 0 Å². The summed E-state index contributed by atoms with van der Waals surface area (Å²) in [5.74, 6) is -1.52. The van der Waals surface area contributed by atoms with Crippen molar-refractivity contribution >= 4 is 17.4 Å². The summed E-state index contributed by atoms with van der Waals surface area (Å²) in [6, 6.07) is 4.62. The normalized spacial score (nSPS) is 21.7. The van der Waals surface area contributed by atoms with Gasteiger partial charge in [0.25, 0.3) is 11.7 Å². The molecule has 2 fully saturated rings. The second-order valence-corrected chi connectivity index (χ2v) is 7.86. The van der Waals surface area contributed by atoms with Crippen LogP contribution in [0.3, 0.4) is 0 Å². The number of H-pyrrole nitrogens is 1. The number of carbonyl (C=O) groups is 2. The van der Waals surface area contributed by atoms with Crippen LogP contribution in [-0.4, -0.2) is 81.2 Å². The average molecular weight is 425 g/mol. The number of hydrogen-bond acceptors (Lipinski definition) is 7. The van der Waals surface area contributed by atoms with Crippen LogP contribution in [0.15, 0.2) is 30.0 Å². The number of pyridine rings is 1. The van der Waals surface area contributed by atoms with Crippen LogP contribution in [0.1, 0.15) is 35.1 Å². The number of aliphatic hydroxyl groups is 1. The van der Waals surface area contributed by atoms with Crippen LogP contribution in [0.2, 0.25) is 0 Å². The molecule has 31 heavy (non-hydrogen) atoms. The van der Waals surface area contributed by atoms with E-state index in [-0.39, 0.29) is 11.3 Å². The maximum absolute atomic E-state index is 13.0. The Labute approximate surface area is 180 Å². The molecule has 0 radical (unpaired) electrons. The first-order valence-corrected chi connectivity index (χ1v) is 10.5. The van der Waals surface area contributed by atoms with Crippen LogP contribution in [0.4, 0.5) is 0 Å². The first kappa shape index (κ1) is 21.2. The van der Waals surface area contributed by atoms with E-state index < -0.39 is 17.7 Å². The maximum atomic E-state index is 13.0. The number of rotatable bonds is 6. The predicted octanol–water partition coefficient (Wildman–Crippen LogP) is 1.57. The number of ketones is 1. The molecule has 2 aliphatic heterocycles. The molecular weight excluding hydrogens is 398 g/mol. The Morgan fingerprint density at radius 1 is 1.23 bits per heavy atom. The fourth-order valence-electron chi connectivity index (χ4n) is 4.28. The van der Waals surface area contributed by atoms with E-state index in [9.17, 15) is 14.7 Å². The Morgan fingerprint density at radius 2 is 2.00 bits per heavy atom. The van der Waals surface area contributed by atoms with Gasteiger partial charge in [-0.2, -0.15) is 5.10 Å². The number of nitrogens with zero attached hydrogens (tertiary/aromatic N) is 4. The highest BCUT2D eigenvalue weighted by atomic mass is 16.5. The zero-order valence-electron chi connectivity index (χ0n) is 17.8. The smallest absolute Gasteiger partial charge is 0.295 e. The standard InChI is InChI=1S/C22H27N5O4/c1-14-17(15(2)25-24-14)20(28)18-19(16-6-3-4-7-23-16)27(22(30)21(18)29)9-5-8-26-10-12-31-13-11-26/h3-4,6-7,19,28H,5,8-13H2,1-2H3,(H,24,25)/b20-18+/t19-/m1/s1. The van der Waals surface area contributed by atoms with Crippen LogP contribution in [0, 0.1) is 13.8 Å². The highest BCUT2D eigenvalue weighted by Gasteiger charge is 2.46. The van der Waals surface area contributed by atoms with Gasteiger partial charge in [-0.1, -0.05) is 6.07 Å². The maximum Gasteiger partial charge on any atom is 0.295 e. The molecule has 2 N–H and O–H groups in total. The van der Waals surface area contributed by atoms with Gasteiger partial charge in [0.1, 0.15) is 11.8 Å². The van der Waals surface area contributed by atoms with Gasteiger partial charge >= 0.3 is 0 Å². The zero-order chi connectivity index (χ0) is 22.0. The molecule has 0 aliphatic carbocycles. The molecule has 1 atom stereocenters. The van der Waals surface area contributed by atoms with Crippen LogP contribution >= 0.6 is 0 Å². The number of morpholine rings is 1. The molecule has 2 aromatic heterocycles. The van der Waals surface area contributed by atoms with Crippen molar-refractivity contribution in [3.05, 3.63) is 52.6 Å². The third-order valence-electron chi connectivity index (χ3n) is 5.85. The van der Waals surface area contributed by atoms with Crippen molar-refractivity contribution in [2.45, 2.75) is 26.3 Å². The summed E-state index contributed by atoms with van der Waals surface area (Å²) in [6.45, 7) is 7.85. The second-order valence-electron chi connectivity index (χ2n) is 7.86. The predicted molar refractivity (Wildman–Crippen MR) is 113 cm³/mol. The number of aliphatic hydroxyl groups excluding tert-OH is 1. The third kappa shape index (κ3) is 4.11. The highest BCUT2D eigenvalue weighted by molar-refractivity contribution is 6.46. The topological polar surface area (TPSA) is 112 Å². The number of carbonyl (C=O) groups excluding carboxylic acids is 2. The molecule has 0 bridgehead atoms. The van der Waals surface area contributed by atoms with E-state index in [0.717, 1.165) is 19.6 Å². The number of nitrogens with one attached hydrogen (secondary N) is 1. The number of aromatic nitrogens is 3. The second kappa shape index (κ2) is 8.99. The lowest BCUT2D eigenvalue weighted by atomic mass is 9.97. The van der Waals surface area contributed by atoms with Crippen molar-refractivity contribution in [1.29, 1.82) is 0 Å². The molecule has 0 spiro atoms. The van der Waals surface area contributed by atoms with Crippen molar-refractivity contribution in [2.24, 2.45) is 0 Å². The highest BCUT2D eigenvalue weighted by Crippen LogP contribution is 2.39. The van der Waals surface area contributed by atoms with E-state index in [0.29, 0.717) is 48.8 Å². The molecule has 4 heterocycles. The Hall–Kier alpha value is -3.04. The molecule has 164 valence electrons. The van der Waals surface area contributed by atoms with Gasteiger partial charge in [0, 0.05) is 38.1 Å². The summed E-state index contributed by atoms with van der Waals surface area (Å²) in [5, 5.41) is 18.0. The number of Topliss-reactive ketones (excluding diaryl/α,β-unsaturated/α-hetero) is 1. The quantitative estimate of drug-likeness (QED) is 0.410. The first-order valence-electron chi connectivity index (χ1n) is 10.5. The lowest BCUT2D eigenvalue weighted by molar-refractivity contribution is -0.140. The first-order chi connectivity index (χ1) is 15.0. The summed E-state index contributed by atoms with van der Waals surface area (Å²) in [7, 11) is 0. The summed E-state index contributed by atoms with van der Waals surface area (Å²) in [6.07, 6.45) is 2.33. The van der Waals surface area contributed by atoms with Crippen molar-refractivity contribution in [3.63, 3.8) is 0 Å². The van der Waals surface area contributed by atoms with E-state index >= 15 is 0 Å². The van der Waals surface area contributed by atoms with Crippen molar-refractivity contribution in [2.75, 3.05) is 39.4 Å². The minimum absolute atomic E-state index is 0.0580. The van der Waals surface area contributed by atoms with Gasteiger partial charge in [-0.15, -0.1) is 0 Å². The molecule has 9 heteroatoms. The number of likely N-dealkylation sites (tertiary alicyclic amines) is 1. The van der Waals surface area contributed by atoms with E-state index in [1.807, 2.05) is 6.07 Å². The minimum Gasteiger partial charge on any atom is -0.507 e. The zero-order valence-corrected chi connectivity index (χ0v) is 17.8. The summed E-state index contributed by atoms with van der Waals surface area (Å²) in [4.78, 5) is 34.2. The van der Waals surface area contributed by atoms with Gasteiger partial charge in [-0.3, -0.25) is 24.6 Å². The van der Waals surface area contributed by atoms with Crippen LogP contribution in [0.25, 0.3) is 5.76 Å². The van der Waals surface area contributed by atoms with Gasteiger partial charge in [-0.05, 0) is 32.4 Å². The Kier molecular flexibility index (Phi) is 6.15. The molecule has 2 aliphatic rings. The van der Waals surface area contributed by atoms with Crippen LogP contribution < -0.4 is 0 Å². The van der Waals surface area contributed by atoms with Gasteiger partial charge in [0.2, 0.25) is 0 Å². The molecule has 2 aromatic rings. The minimum atomic E-state index is -0.736. The Morgan fingerprint density at radius 3 is 2.65 bits per heavy atom. The lowest BCUT2D eigenvalue weighted by Gasteiger charge is -2.28. The lowest BCUT2D eigenvalue weighted by Crippen LogP contribution is -2.39. The molecule has 0 saturated carbocycles. The van der Waals surface area contributed by atoms with Gasteiger partial charge in [0.05, 0.1) is 35.7 Å². The van der Waals surface area contributed by atoms with Crippen molar-refractivity contribution in [1.82, 2.24) is 25.0 Å². The van der Waals surface area contributed by atoms with E-state index in [1.165, 1.54) is 4.90 Å². The fraction of sp³-hybridized carbons (Fsp3) is 0.455. The van der Waals surface area contributed by atoms with Gasteiger partial charge in [0.15, 0.2) is 0 Å². The number of hydrogen-bond donors (Lipinski definition) is 2. The van der Waals surface area contributed by atoms with Crippen molar-refractivity contribution in [3.8, 4) is 0 Å². The number of aromatic amines is 1. The van der Waals surface area contributed by atoms with Gasteiger partial charge < -0.3 is 14.7 Å². The van der Waals surface area contributed by atoms with Crippen LogP contribution in [-0.2, 0) is 14.3 Å². The molecule has 2 saturated heterocycles. The molecular formula is C22H27N5O4. The molecule has 0 aromatic carbocycles. The largest absolute Gasteiger partial charge is 0.507 e. The monoisotopic (exact) mass is 425 g/mol. The SMILES string of the molecule is Cc1n[nH]c(C)c1/C(O)=C1\C(=O)C(=O)N(CCCN2CCOCC2)[C@@H]1c1ccccn1. The Balaban J connectivity index is 1.67. The summed E-state index contributed by atoms with van der Waals surface area (Å²) in [5.41, 5.74) is 2.25. The van der Waals surface area contributed by atoms with E-state index in [4.69, 9.17) is 4.74 Å². The van der Waals surface area contributed by atoms with Crippen molar-refractivity contribution < 1.29 is 19.4 Å². The van der Waals surface area contributed by atoms with E-state index in [2.05, 4.69) is 20.1 Å². The Bertz CT molecular complexity index is 975. The average Bonchev–Trinajstić information content (AvgIpc) is 3.25. The fourth-order valence-corrected chi connectivity index (χ4v) is 4.28. The molecule has 9 nitrogen and oxygen atoms in total.